The molecule has 3 heteroatoms. The molecule has 0 spiro atoms. The Balaban J connectivity index is 1.98. The summed E-state index contributed by atoms with van der Waals surface area (Å²) in [6.45, 7) is 12.0. The predicted molar refractivity (Wildman–Crippen MR) is 83.6 cm³/mol. The van der Waals surface area contributed by atoms with Crippen LogP contribution < -0.4 is 5.32 Å². The molecule has 2 fully saturated rings. The smallest absolute Gasteiger partial charge is 0.242 e. The molecule has 1 amide bonds. The zero-order valence-corrected chi connectivity index (χ0v) is 13.8. The first kappa shape index (κ1) is 15.8. The average molecular weight is 280 g/mol. The van der Waals surface area contributed by atoms with Crippen LogP contribution in [0.25, 0.3) is 0 Å². The third-order valence-corrected chi connectivity index (χ3v) is 5.33. The molecule has 20 heavy (non-hydrogen) atoms. The van der Waals surface area contributed by atoms with Gasteiger partial charge < -0.3 is 10.2 Å². The molecule has 2 saturated heterocycles. The lowest BCUT2D eigenvalue weighted by molar-refractivity contribution is -0.138. The standard InChI is InChI=1S/C17H32N2O/c1-16(2,3)14-8-7-12-19(13-9-14)15(20)17(4)10-5-6-11-18-17/h14,18H,5-13H2,1-4H3. The van der Waals surface area contributed by atoms with Crippen molar-refractivity contribution in [1.29, 1.82) is 0 Å². The first-order chi connectivity index (χ1) is 9.33. The molecule has 0 aliphatic carbocycles. The summed E-state index contributed by atoms with van der Waals surface area (Å²) < 4.78 is 0. The van der Waals surface area contributed by atoms with Crippen LogP contribution in [0.5, 0.6) is 0 Å². The molecule has 0 aromatic heterocycles. The molecule has 0 saturated carbocycles. The fourth-order valence-electron chi connectivity index (χ4n) is 3.75. The van der Waals surface area contributed by atoms with E-state index in [-0.39, 0.29) is 5.54 Å². The molecule has 116 valence electrons. The van der Waals surface area contributed by atoms with E-state index in [9.17, 15) is 4.79 Å². The van der Waals surface area contributed by atoms with Crippen molar-refractivity contribution in [2.75, 3.05) is 19.6 Å². The summed E-state index contributed by atoms with van der Waals surface area (Å²) in [7, 11) is 0. The molecule has 0 bridgehead atoms. The molecule has 3 nitrogen and oxygen atoms in total. The third-order valence-electron chi connectivity index (χ3n) is 5.33. The van der Waals surface area contributed by atoms with E-state index in [2.05, 4.69) is 37.9 Å². The van der Waals surface area contributed by atoms with Crippen molar-refractivity contribution < 1.29 is 4.79 Å². The molecule has 1 N–H and O–H groups in total. The zero-order chi connectivity index (χ0) is 14.8. The summed E-state index contributed by atoms with van der Waals surface area (Å²) in [5, 5.41) is 3.46. The van der Waals surface area contributed by atoms with Crippen LogP contribution in [-0.4, -0.2) is 36.0 Å². The number of nitrogens with one attached hydrogen (secondary N) is 1. The second kappa shape index (κ2) is 6.05. The van der Waals surface area contributed by atoms with Crippen molar-refractivity contribution in [2.24, 2.45) is 11.3 Å². The number of carbonyl (C=O) groups excluding carboxylic acids is 1. The SMILES string of the molecule is CC1(C(=O)N2CCCC(C(C)(C)C)CC2)CCCCN1. The number of piperidine rings is 1. The van der Waals surface area contributed by atoms with Crippen molar-refractivity contribution in [2.45, 2.75) is 71.8 Å². The van der Waals surface area contributed by atoms with Crippen molar-refractivity contribution in [3.05, 3.63) is 0 Å². The van der Waals surface area contributed by atoms with Gasteiger partial charge in [0.05, 0.1) is 5.54 Å². The number of carbonyl (C=O) groups is 1. The van der Waals surface area contributed by atoms with E-state index < -0.39 is 0 Å². The number of likely N-dealkylation sites (tertiary alicyclic amines) is 1. The highest BCUT2D eigenvalue weighted by Crippen LogP contribution is 2.35. The molecule has 0 radical (unpaired) electrons. The Morgan fingerprint density at radius 3 is 2.50 bits per heavy atom. The lowest BCUT2D eigenvalue weighted by Crippen LogP contribution is -2.58. The van der Waals surface area contributed by atoms with Crippen molar-refractivity contribution in [1.82, 2.24) is 10.2 Å². The Hall–Kier alpha value is -0.570. The van der Waals surface area contributed by atoms with Gasteiger partial charge in [-0.2, -0.15) is 0 Å². The van der Waals surface area contributed by atoms with Gasteiger partial charge in [0.1, 0.15) is 0 Å². The van der Waals surface area contributed by atoms with Crippen LogP contribution in [0.3, 0.4) is 0 Å². The van der Waals surface area contributed by atoms with Crippen molar-refractivity contribution >= 4 is 5.91 Å². The second-order valence-corrected chi connectivity index (χ2v) is 8.00. The van der Waals surface area contributed by atoms with Crippen LogP contribution in [0, 0.1) is 11.3 Å². The fraction of sp³-hybridized carbons (Fsp3) is 0.941. The zero-order valence-electron chi connectivity index (χ0n) is 13.8. The summed E-state index contributed by atoms with van der Waals surface area (Å²) >= 11 is 0. The van der Waals surface area contributed by atoms with E-state index in [4.69, 9.17) is 0 Å². The van der Waals surface area contributed by atoms with Crippen LogP contribution in [0.4, 0.5) is 0 Å². The minimum atomic E-state index is -0.306. The Labute approximate surface area is 124 Å². The predicted octanol–water partition coefficient (Wildman–Crippen LogP) is 3.19. The Kier molecular flexibility index (Phi) is 4.78. The molecule has 0 aromatic carbocycles. The van der Waals surface area contributed by atoms with E-state index >= 15 is 0 Å². The van der Waals surface area contributed by atoms with Crippen molar-refractivity contribution in [3.8, 4) is 0 Å². The fourth-order valence-corrected chi connectivity index (χ4v) is 3.75. The van der Waals surface area contributed by atoms with Gasteiger partial charge in [0.2, 0.25) is 5.91 Å². The van der Waals surface area contributed by atoms with Crippen LogP contribution in [0.15, 0.2) is 0 Å². The van der Waals surface area contributed by atoms with Gasteiger partial charge in [-0.25, -0.2) is 0 Å². The lowest BCUT2D eigenvalue weighted by Gasteiger charge is -2.38. The summed E-state index contributed by atoms with van der Waals surface area (Å²) in [6.07, 6.45) is 6.94. The topological polar surface area (TPSA) is 32.3 Å². The minimum Gasteiger partial charge on any atom is -0.341 e. The summed E-state index contributed by atoms with van der Waals surface area (Å²) in [5.74, 6) is 1.08. The van der Waals surface area contributed by atoms with Crippen LogP contribution in [0.1, 0.15) is 66.2 Å². The first-order valence-corrected chi connectivity index (χ1v) is 8.37. The molecular formula is C17H32N2O. The van der Waals surface area contributed by atoms with Crippen LogP contribution >= 0.6 is 0 Å². The normalized spacial score (nSPS) is 32.8. The molecule has 2 aliphatic heterocycles. The van der Waals surface area contributed by atoms with Gasteiger partial charge in [-0.1, -0.05) is 20.8 Å². The largest absolute Gasteiger partial charge is 0.341 e. The number of amides is 1. The first-order valence-electron chi connectivity index (χ1n) is 8.37. The van der Waals surface area contributed by atoms with E-state index in [1.165, 1.54) is 19.3 Å². The maximum atomic E-state index is 12.8. The molecular weight excluding hydrogens is 248 g/mol. The van der Waals surface area contributed by atoms with Gasteiger partial charge in [-0.05, 0) is 63.3 Å². The van der Waals surface area contributed by atoms with Gasteiger partial charge in [0.15, 0.2) is 0 Å². The number of rotatable bonds is 1. The molecule has 2 unspecified atom stereocenters. The Morgan fingerprint density at radius 2 is 1.90 bits per heavy atom. The van der Waals surface area contributed by atoms with E-state index in [0.717, 1.165) is 44.8 Å². The monoisotopic (exact) mass is 280 g/mol. The highest BCUT2D eigenvalue weighted by atomic mass is 16.2. The van der Waals surface area contributed by atoms with Crippen molar-refractivity contribution in [3.63, 3.8) is 0 Å². The Bertz CT molecular complexity index is 339. The molecule has 2 heterocycles. The number of nitrogens with zero attached hydrogens (tertiary/aromatic N) is 1. The minimum absolute atomic E-state index is 0.306. The van der Waals surface area contributed by atoms with Gasteiger partial charge in [0, 0.05) is 13.1 Å². The summed E-state index contributed by atoms with van der Waals surface area (Å²) in [4.78, 5) is 15.0. The maximum Gasteiger partial charge on any atom is 0.242 e. The van der Waals surface area contributed by atoms with Gasteiger partial charge in [-0.15, -0.1) is 0 Å². The van der Waals surface area contributed by atoms with Gasteiger partial charge >= 0.3 is 0 Å². The number of hydrogen-bond acceptors (Lipinski definition) is 2. The van der Waals surface area contributed by atoms with Gasteiger partial charge in [0.25, 0.3) is 0 Å². The van der Waals surface area contributed by atoms with E-state index in [1.807, 2.05) is 0 Å². The molecule has 0 aromatic rings. The Morgan fingerprint density at radius 1 is 1.15 bits per heavy atom. The quantitative estimate of drug-likeness (QED) is 0.800. The van der Waals surface area contributed by atoms with Crippen LogP contribution in [0.2, 0.25) is 0 Å². The van der Waals surface area contributed by atoms with Gasteiger partial charge in [-0.3, -0.25) is 4.79 Å². The lowest BCUT2D eigenvalue weighted by atomic mass is 9.77. The molecule has 2 rings (SSSR count). The average Bonchev–Trinajstić information content (AvgIpc) is 2.64. The maximum absolute atomic E-state index is 12.8. The summed E-state index contributed by atoms with van der Waals surface area (Å²) in [6, 6.07) is 0. The second-order valence-electron chi connectivity index (χ2n) is 8.00. The van der Waals surface area contributed by atoms with E-state index in [0.29, 0.717) is 11.3 Å². The van der Waals surface area contributed by atoms with Crippen LogP contribution in [-0.2, 0) is 4.79 Å². The third kappa shape index (κ3) is 3.55. The highest BCUT2D eigenvalue weighted by molar-refractivity contribution is 5.86. The van der Waals surface area contributed by atoms with E-state index in [1.54, 1.807) is 0 Å². The highest BCUT2D eigenvalue weighted by Gasteiger charge is 2.38. The molecule has 2 atom stereocenters. The molecule has 2 aliphatic rings. The number of hydrogen-bond donors (Lipinski definition) is 1. The summed E-state index contributed by atoms with van der Waals surface area (Å²) in [5.41, 5.74) is 0.0614.